The summed E-state index contributed by atoms with van der Waals surface area (Å²) in [7, 11) is 0. The van der Waals surface area contributed by atoms with Crippen LogP contribution in [-0.4, -0.2) is 5.84 Å². The molecule has 0 aliphatic rings. The third-order valence-electron chi connectivity index (χ3n) is 0.787. The Hall–Kier alpha value is -1.25. The Balaban J connectivity index is 2.93. The molecule has 42 valence electrons. The van der Waals surface area contributed by atoms with Crippen molar-refractivity contribution in [1.29, 1.82) is 5.41 Å². The summed E-state index contributed by atoms with van der Waals surface area (Å²) in [6.07, 6.45) is 1.48. The average Bonchev–Trinajstić information content (AvgIpc) is 2.12. The van der Waals surface area contributed by atoms with Crippen LogP contribution in [0.25, 0.3) is 0 Å². The minimum atomic E-state index is -0.0324. The van der Waals surface area contributed by atoms with Gasteiger partial charge in [0.25, 0.3) is 0 Å². The van der Waals surface area contributed by atoms with Crippen LogP contribution >= 0.6 is 0 Å². The van der Waals surface area contributed by atoms with Gasteiger partial charge in [0.1, 0.15) is 0 Å². The van der Waals surface area contributed by atoms with Crippen molar-refractivity contribution in [1.82, 2.24) is 0 Å². The number of furan rings is 1. The monoisotopic (exact) mass is 110 g/mol. The van der Waals surface area contributed by atoms with Gasteiger partial charge in [0.05, 0.1) is 6.26 Å². The minimum Gasteiger partial charge on any atom is -0.461 e. The van der Waals surface area contributed by atoms with Crippen LogP contribution in [0.5, 0.6) is 0 Å². The van der Waals surface area contributed by atoms with Crippen molar-refractivity contribution in [2.45, 2.75) is 0 Å². The molecule has 0 unspecified atom stereocenters. The molecule has 0 aromatic carbocycles. The Morgan fingerprint density at radius 2 is 2.50 bits per heavy atom. The van der Waals surface area contributed by atoms with Gasteiger partial charge in [0.15, 0.2) is 11.6 Å². The van der Waals surface area contributed by atoms with Crippen molar-refractivity contribution in [3.05, 3.63) is 24.2 Å². The zero-order valence-corrected chi connectivity index (χ0v) is 4.22. The summed E-state index contributed by atoms with van der Waals surface area (Å²) in [5.74, 6) is 0.389. The Morgan fingerprint density at radius 3 is 2.75 bits per heavy atom. The highest BCUT2D eigenvalue weighted by atomic mass is 16.3. The van der Waals surface area contributed by atoms with Gasteiger partial charge in [-0.15, -0.1) is 0 Å². The lowest BCUT2D eigenvalue weighted by molar-refractivity contribution is 0.556. The van der Waals surface area contributed by atoms with Crippen LogP contribution in [0, 0.1) is 5.41 Å². The number of nitrogen functional groups attached to an aromatic ring is 1. The molecule has 8 heavy (non-hydrogen) atoms. The van der Waals surface area contributed by atoms with Crippen LogP contribution in [0.2, 0.25) is 0 Å². The Labute approximate surface area is 46.6 Å². The van der Waals surface area contributed by atoms with E-state index in [0.717, 1.165) is 0 Å². The highest BCUT2D eigenvalue weighted by Crippen LogP contribution is 1.95. The third-order valence-corrected chi connectivity index (χ3v) is 0.787. The first kappa shape index (κ1) is 4.90. The standard InChI is InChI=1S/C5H6N2O/c6-5(7)4-2-1-3-8-4/h1-3H,(H3,6,7). The summed E-state index contributed by atoms with van der Waals surface area (Å²) >= 11 is 0. The van der Waals surface area contributed by atoms with Gasteiger partial charge in [-0.2, -0.15) is 0 Å². The molecule has 1 heterocycles. The highest BCUT2D eigenvalue weighted by Gasteiger charge is 1.94. The van der Waals surface area contributed by atoms with Gasteiger partial charge < -0.3 is 10.2 Å². The lowest BCUT2D eigenvalue weighted by Gasteiger charge is -1.84. The molecule has 0 fully saturated rings. The molecule has 3 nitrogen and oxygen atoms in total. The molecule has 0 bridgehead atoms. The second-order valence-electron chi connectivity index (χ2n) is 1.39. The van der Waals surface area contributed by atoms with Gasteiger partial charge >= 0.3 is 0 Å². The topological polar surface area (TPSA) is 63.0 Å². The zero-order chi connectivity index (χ0) is 5.98. The number of nitrogens with one attached hydrogen (secondary N) is 1. The molecule has 0 aliphatic carbocycles. The number of rotatable bonds is 1. The van der Waals surface area contributed by atoms with Crippen LogP contribution in [0.15, 0.2) is 22.8 Å². The van der Waals surface area contributed by atoms with E-state index in [-0.39, 0.29) is 5.84 Å². The maximum absolute atomic E-state index is 6.84. The first-order chi connectivity index (χ1) is 3.80. The third kappa shape index (κ3) is 0.703. The van der Waals surface area contributed by atoms with Gasteiger partial charge in [-0.3, -0.25) is 5.41 Å². The minimum absolute atomic E-state index is 0.0324. The van der Waals surface area contributed by atoms with E-state index in [4.69, 9.17) is 15.6 Å². The van der Waals surface area contributed by atoms with Gasteiger partial charge in [0.2, 0.25) is 0 Å². The smallest absolute Gasteiger partial charge is 0.168 e. The average molecular weight is 110 g/mol. The largest absolute Gasteiger partial charge is 0.461 e. The summed E-state index contributed by atoms with van der Waals surface area (Å²) in [5, 5.41) is 6.84. The summed E-state index contributed by atoms with van der Waals surface area (Å²) in [6, 6.07) is 3.33. The van der Waals surface area contributed by atoms with Crippen LogP contribution in [-0.2, 0) is 0 Å². The van der Waals surface area contributed by atoms with Crippen LogP contribution in [0.4, 0.5) is 0 Å². The molecule has 0 radical (unpaired) electrons. The predicted octanol–water partition coefficient (Wildman–Crippen LogP) is 0.564. The maximum atomic E-state index is 6.84. The fraction of sp³-hybridized carbons (Fsp3) is 0. The number of amidine groups is 1. The first-order valence-corrected chi connectivity index (χ1v) is 2.18. The maximum Gasteiger partial charge on any atom is 0.168 e. The number of nitrogens with two attached hydrogens (primary N) is 1. The molecule has 3 N–H and O–H groups in total. The Morgan fingerprint density at radius 1 is 1.75 bits per heavy atom. The van der Waals surface area contributed by atoms with E-state index in [1.165, 1.54) is 6.26 Å². The number of hydrogen-bond donors (Lipinski definition) is 2. The zero-order valence-electron chi connectivity index (χ0n) is 4.22. The highest BCUT2D eigenvalue weighted by molar-refractivity contribution is 5.91. The second-order valence-corrected chi connectivity index (χ2v) is 1.39. The van der Waals surface area contributed by atoms with Gasteiger partial charge in [-0.05, 0) is 12.1 Å². The molecule has 0 spiro atoms. The van der Waals surface area contributed by atoms with Crippen molar-refractivity contribution in [2.24, 2.45) is 5.73 Å². The normalized spacial score (nSPS) is 9.00. The Bertz CT molecular complexity index is 178. The predicted molar refractivity (Wildman–Crippen MR) is 29.7 cm³/mol. The molecule has 1 rings (SSSR count). The van der Waals surface area contributed by atoms with Crippen molar-refractivity contribution < 1.29 is 4.42 Å². The van der Waals surface area contributed by atoms with Crippen LogP contribution < -0.4 is 5.73 Å². The van der Waals surface area contributed by atoms with Crippen molar-refractivity contribution >= 4 is 5.84 Å². The van der Waals surface area contributed by atoms with E-state index in [0.29, 0.717) is 5.76 Å². The van der Waals surface area contributed by atoms with Gasteiger partial charge in [-0.25, -0.2) is 0 Å². The Kier molecular flexibility index (Phi) is 1.04. The van der Waals surface area contributed by atoms with E-state index >= 15 is 0 Å². The van der Waals surface area contributed by atoms with Crippen LogP contribution in [0.1, 0.15) is 5.76 Å². The molecule has 1 aromatic heterocycles. The van der Waals surface area contributed by atoms with Gasteiger partial charge in [0, 0.05) is 0 Å². The van der Waals surface area contributed by atoms with E-state index < -0.39 is 0 Å². The number of hydrogen-bond acceptors (Lipinski definition) is 2. The SMILES string of the molecule is N=C(N)c1ccco1. The van der Waals surface area contributed by atoms with Crippen molar-refractivity contribution in [3.8, 4) is 0 Å². The molecular formula is C5H6N2O. The van der Waals surface area contributed by atoms with E-state index in [9.17, 15) is 0 Å². The van der Waals surface area contributed by atoms with Crippen LogP contribution in [0.3, 0.4) is 0 Å². The molecule has 3 heteroatoms. The summed E-state index contributed by atoms with van der Waals surface area (Å²) in [4.78, 5) is 0. The molecule has 0 atom stereocenters. The van der Waals surface area contributed by atoms with E-state index in [1.54, 1.807) is 12.1 Å². The summed E-state index contributed by atoms with van der Waals surface area (Å²) in [6.45, 7) is 0. The van der Waals surface area contributed by atoms with E-state index in [2.05, 4.69) is 0 Å². The molecule has 0 saturated carbocycles. The van der Waals surface area contributed by atoms with Crippen molar-refractivity contribution in [3.63, 3.8) is 0 Å². The molecule has 0 amide bonds. The summed E-state index contributed by atoms with van der Waals surface area (Å²) in [5.41, 5.74) is 5.05. The quantitative estimate of drug-likeness (QED) is 0.410. The second kappa shape index (κ2) is 1.69. The lowest BCUT2D eigenvalue weighted by atomic mass is 10.4. The summed E-state index contributed by atoms with van der Waals surface area (Å²) < 4.78 is 4.75. The molecule has 1 aromatic rings. The first-order valence-electron chi connectivity index (χ1n) is 2.18. The fourth-order valence-electron chi connectivity index (χ4n) is 0.432. The molecule has 0 saturated heterocycles. The molecular weight excluding hydrogens is 104 g/mol. The molecule has 0 aliphatic heterocycles. The fourth-order valence-corrected chi connectivity index (χ4v) is 0.432. The lowest BCUT2D eigenvalue weighted by Crippen LogP contribution is -2.08. The van der Waals surface area contributed by atoms with E-state index in [1.807, 2.05) is 0 Å². The van der Waals surface area contributed by atoms with Gasteiger partial charge in [-0.1, -0.05) is 0 Å². The van der Waals surface area contributed by atoms with Crippen molar-refractivity contribution in [2.75, 3.05) is 0 Å².